The molecule has 0 aliphatic carbocycles. The third-order valence-electron chi connectivity index (χ3n) is 2.02. The first-order chi connectivity index (χ1) is 7.29. The summed E-state index contributed by atoms with van der Waals surface area (Å²) in [6.45, 7) is 2.71. The summed E-state index contributed by atoms with van der Waals surface area (Å²) in [6.07, 6.45) is 0.750. The molecular formula is C10H13N3O2. The summed E-state index contributed by atoms with van der Waals surface area (Å²) >= 11 is 0. The van der Waals surface area contributed by atoms with Crippen LogP contribution in [0.5, 0.6) is 0 Å². The van der Waals surface area contributed by atoms with Crippen molar-refractivity contribution in [2.24, 2.45) is 0 Å². The molecule has 0 fully saturated rings. The Labute approximate surface area is 87.5 Å². The van der Waals surface area contributed by atoms with E-state index in [0.29, 0.717) is 17.5 Å². The number of aryl methyl sites for hydroxylation is 1. The van der Waals surface area contributed by atoms with Crippen LogP contribution in [0.1, 0.15) is 11.6 Å². The van der Waals surface area contributed by atoms with Gasteiger partial charge in [0.15, 0.2) is 11.6 Å². The topological polar surface area (TPSA) is 64.1 Å². The fourth-order valence-corrected chi connectivity index (χ4v) is 1.24. The monoisotopic (exact) mass is 207 g/mol. The number of nitrogens with one attached hydrogen (secondary N) is 1. The zero-order chi connectivity index (χ0) is 10.7. The fourth-order valence-electron chi connectivity index (χ4n) is 1.24. The van der Waals surface area contributed by atoms with Crippen molar-refractivity contribution >= 4 is 0 Å². The van der Waals surface area contributed by atoms with E-state index in [0.717, 1.165) is 18.7 Å². The Morgan fingerprint density at radius 3 is 2.93 bits per heavy atom. The number of nitrogens with zero attached hydrogens (tertiary/aromatic N) is 2. The number of aromatic nitrogens is 2. The summed E-state index contributed by atoms with van der Waals surface area (Å²) in [7, 11) is 1.89. The standard InChI is InChI=1S/C10H13N3O2/c1-7-3-4-8(14-7)10-12-9(13-15-10)5-6-11-2/h3-4,11H,5-6H2,1-2H3. The molecule has 0 atom stereocenters. The van der Waals surface area contributed by atoms with Crippen LogP contribution in [0.3, 0.4) is 0 Å². The van der Waals surface area contributed by atoms with Gasteiger partial charge in [0.25, 0.3) is 5.89 Å². The Bertz CT molecular complexity index is 433. The predicted molar refractivity (Wildman–Crippen MR) is 54.4 cm³/mol. The van der Waals surface area contributed by atoms with E-state index in [4.69, 9.17) is 8.94 Å². The predicted octanol–water partition coefficient (Wildman–Crippen LogP) is 1.40. The van der Waals surface area contributed by atoms with Crippen LogP contribution in [-0.2, 0) is 6.42 Å². The molecule has 0 saturated heterocycles. The van der Waals surface area contributed by atoms with E-state index in [1.54, 1.807) is 0 Å². The van der Waals surface area contributed by atoms with Crippen molar-refractivity contribution in [2.75, 3.05) is 13.6 Å². The third-order valence-corrected chi connectivity index (χ3v) is 2.02. The molecule has 80 valence electrons. The molecule has 2 heterocycles. The Morgan fingerprint density at radius 2 is 2.27 bits per heavy atom. The molecule has 0 amide bonds. The Balaban J connectivity index is 2.13. The average molecular weight is 207 g/mol. The Hall–Kier alpha value is -1.62. The molecule has 0 spiro atoms. The van der Waals surface area contributed by atoms with Crippen molar-refractivity contribution in [1.82, 2.24) is 15.5 Å². The van der Waals surface area contributed by atoms with Gasteiger partial charge in [-0.15, -0.1) is 0 Å². The SMILES string of the molecule is CNCCc1noc(-c2ccc(C)o2)n1. The molecule has 0 unspecified atom stereocenters. The summed E-state index contributed by atoms with van der Waals surface area (Å²) < 4.78 is 10.5. The number of hydrogen-bond donors (Lipinski definition) is 1. The van der Waals surface area contributed by atoms with Crippen LogP contribution in [0, 0.1) is 6.92 Å². The first-order valence-electron chi connectivity index (χ1n) is 4.83. The van der Waals surface area contributed by atoms with Crippen molar-refractivity contribution in [3.05, 3.63) is 23.7 Å². The number of furan rings is 1. The molecule has 0 radical (unpaired) electrons. The van der Waals surface area contributed by atoms with Crippen LogP contribution < -0.4 is 5.32 Å². The quantitative estimate of drug-likeness (QED) is 0.821. The van der Waals surface area contributed by atoms with E-state index in [1.165, 1.54) is 0 Å². The zero-order valence-electron chi connectivity index (χ0n) is 8.78. The first kappa shape index (κ1) is 9.92. The summed E-state index contributed by atoms with van der Waals surface area (Å²) in [5.41, 5.74) is 0. The molecule has 2 rings (SSSR count). The van der Waals surface area contributed by atoms with Crippen LogP contribution in [0.4, 0.5) is 0 Å². The lowest BCUT2D eigenvalue weighted by Gasteiger charge is -1.90. The highest BCUT2D eigenvalue weighted by Crippen LogP contribution is 2.19. The number of likely N-dealkylation sites (N-methyl/N-ethyl adjacent to an activating group) is 1. The highest BCUT2D eigenvalue weighted by atomic mass is 16.5. The van der Waals surface area contributed by atoms with Crippen LogP contribution in [0.2, 0.25) is 0 Å². The molecule has 0 saturated carbocycles. The van der Waals surface area contributed by atoms with Crippen LogP contribution in [0.15, 0.2) is 21.1 Å². The minimum atomic E-state index is 0.439. The lowest BCUT2D eigenvalue weighted by Crippen LogP contribution is -2.10. The summed E-state index contributed by atoms with van der Waals surface area (Å²) in [5, 5.41) is 6.88. The van der Waals surface area contributed by atoms with E-state index < -0.39 is 0 Å². The molecule has 0 aliphatic heterocycles. The highest BCUT2D eigenvalue weighted by molar-refractivity contribution is 5.43. The zero-order valence-corrected chi connectivity index (χ0v) is 8.78. The molecule has 2 aromatic heterocycles. The Morgan fingerprint density at radius 1 is 1.40 bits per heavy atom. The first-order valence-corrected chi connectivity index (χ1v) is 4.83. The van der Waals surface area contributed by atoms with Gasteiger partial charge in [-0.3, -0.25) is 0 Å². The van der Waals surface area contributed by atoms with E-state index in [-0.39, 0.29) is 0 Å². The van der Waals surface area contributed by atoms with E-state index >= 15 is 0 Å². The minimum Gasteiger partial charge on any atom is -0.456 e. The maximum Gasteiger partial charge on any atom is 0.293 e. The second kappa shape index (κ2) is 4.27. The largest absolute Gasteiger partial charge is 0.456 e. The van der Waals surface area contributed by atoms with Crippen LogP contribution >= 0.6 is 0 Å². The number of rotatable bonds is 4. The van der Waals surface area contributed by atoms with Crippen molar-refractivity contribution in [3.63, 3.8) is 0 Å². The fraction of sp³-hybridized carbons (Fsp3) is 0.400. The molecule has 0 bridgehead atoms. The maximum atomic E-state index is 5.38. The molecule has 5 heteroatoms. The summed E-state index contributed by atoms with van der Waals surface area (Å²) in [6, 6.07) is 3.69. The third kappa shape index (κ3) is 2.24. The van der Waals surface area contributed by atoms with Crippen molar-refractivity contribution in [1.29, 1.82) is 0 Å². The van der Waals surface area contributed by atoms with Crippen molar-refractivity contribution in [2.45, 2.75) is 13.3 Å². The van der Waals surface area contributed by atoms with Crippen molar-refractivity contribution in [3.8, 4) is 11.7 Å². The van der Waals surface area contributed by atoms with E-state index in [9.17, 15) is 0 Å². The highest BCUT2D eigenvalue weighted by Gasteiger charge is 2.11. The van der Waals surface area contributed by atoms with Gasteiger partial charge in [-0.2, -0.15) is 4.98 Å². The molecule has 15 heavy (non-hydrogen) atoms. The molecule has 0 aliphatic rings. The van der Waals surface area contributed by atoms with E-state index in [1.807, 2.05) is 26.1 Å². The van der Waals surface area contributed by atoms with Gasteiger partial charge in [0.1, 0.15) is 5.76 Å². The van der Waals surface area contributed by atoms with Gasteiger partial charge in [0.05, 0.1) is 0 Å². The second-order valence-corrected chi connectivity index (χ2v) is 3.28. The van der Waals surface area contributed by atoms with E-state index in [2.05, 4.69) is 15.5 Å². The molecular weight excluding hydrogens is 194 g/mol. The lowest BCUT2D eigenvalue weighted by molar-refractivity contribution is 0.406. The van der Waals surface area contributed by atoms with Gasteiger partial charge in [0, 0.05) is 13.0 Å². The van der Waals surface area contributed by atoms with Gasteiger partial charge in [-0.25, -0.2) is 0 Å². The van der Waals surface area contributed by atoms with Gasteiger partial charge in [0.2, 0.25) is 0 Å². The number of hydrogen-bond acceptors (Lipinski definition) is 5. The van der Waals surface area contributed by atoms with Gasteiger partial charge in [-0.05, 0) is 26.1 Å². The smallest absolute Gasteiger partial charge is 0.293 e. The molecule has 2 aromatic rings. The van der Waals surface area contributed by atoms with Crippen LogP contribution in [0.25, 0.3) is 11.7 Å². The van der Waals surface area contributed by atoms with Gasteiger partial charge in [-0.1, -0.05) is 5.16 Å². The second-order valence-electron chi connectivity index (χ2n) is 3.28. The van der Waals surface area contributed by atoms with Gasteiger partial charge >= 0.3 is 0 Å². The summed E-state index contributed by atoms with van der Waals surface area (Å²) in [5.74, 6) is 2.58. The average Bonchev–Trinajstić information content (AvgIpc) is 2.83. The summed E-state index contributed by atoms with van der Waals surface area (Å²) in [4.78, 5) is 4.22. The van der Waals surface area contributed by atoms with Crippen LogP contribution in [-0.4, -0.2) is 23.7 Å². The molecule has 1 N–H and O–H groups in total. The maximum absolute atomic E-state index is 5.38. The molecule has 0 aromatic carbocycles. The normalized spacial score (nSPS) is 10.8. The lowest BCUT2D eigenvalue weighted by atomic mass is 10.4. The van der Waals surface area contributed by atoms with Crippen molar-refractivity contribution < 1.29 is 8.94 Å². The Kier molecular flexibility index (Phi) is 2.82. The van der Waals surface area contributed by atoms with Gasteiger partial charge < -0.3 is 14.3 Å². The molecule has 5 nitrogen and oxygen atoms in total. The minimum absolute atomic E-state index is 0.439.